The van der Waals surface area contributed by atoms with Gasteiger partial charge in [0, 0.05) is 0 Å². The Morgan fingerprint density at radius 3 is 2.52 bits per heavy atom. The first-order chi connectivity index (χ1) is 15.9. The van der Waals surface area contributed by atoms with Crippen molar-refractivity contribution in [2.75, 3.05) is 5.32 Å². The molecule has 0 fully saturated rings. The van der Waals surface area contributed by atoms with Crippen LogP contribution in [0.2, 0.25) is 0 Å². The van der Waals surface area contributed by atoms with E-state index in [1.807, 2.05) is 54.9 Å². The second-order valence-corrected chi connectivity index (χ2v) is 8.14. The zero-order valence-corrected chi connectivity index (χ0v) is 19.5. The summed E-state index contributed by atoms with van der Waals surface area (Å²) in [4.78, 5) is 12.8. The van der Waals surface area contributed by atoms with Gasteiger partial charge in [0.05, 0.1) is 23.6 Å². The van der Waals surface area contributed by atoms with Crippen molar-refractivity contribution >= 4 is 11.6 Å². The lowest BCUT2D eigenvalue weighted by molar-refractivity contribution is 0.0992. The Labute approximate surface area is 194 Å². The van der Waals surface area contributed by atoms with Crippen molar-refractivity contribution < 1.29 is 13.9 Å². The topological polar surface area (TPSA) is 69.3 Å². The normalized spacial score (nSPS) is 10.9. The van der Waals surface area contributed by atoms with Crippen LogP contribution in [0, 0.1) is 20.8 Å². The van der Waals surface area contributed by atoms with E-state index >= 15 is 0 Å². The van der Waals surface area contributed by atoms with E-state index in [4.69, 9.17) is 9.15 Å². The van der Waals surface area contributed by atoms with Gasteiger partial charge in [0.1, 0.15) is 18.1 Å². The van der Waals surface area contributed by atoms with Crippen LogP contribution < -0.4 is 10.1 Å². The first-order valence-corrected chi connectivity index (χ1v) is 11.1. The molecular weight excluding hydrogens is 414 g/mol. The average molecular weight is 444 g/mol. The number of anilines is 1. The van der Waals surface area contributed by atoms with Crippen LogP contribution >= 0.6 is 0 Å². The fourth-order valence-corrected chi connectivity index (χ4v) is 3.71. The molecule has 2 aromatic carbocycles. The smallest absolute Gasteiger partial charge is 0.291 e. The third-order valence-corrected chi connectivity index (χ3v) is 5.80. The maximum absolute atomic E-state index is 12.8. The van der Waals surface area contributed by atoms with E-state index in [9.17, 15) is 4.79 Å². The van der Waals surface area contributed by atoms with Crippen LogP contribution in [0.25, 0.3) is 0 Å². The first kappa shape index (κ1) is 22.4. The fourth-order valence-electron chi connectivity index (χ4n) is 3.71. The minimum atomic E-state index is -0.310. The molecular formula is C27H29N3O3. The lowest BCUT2D eigenvalue weighted by Gasteiger charge is -2.08. The molecule has 1 N–H and O–H groups in total. The van der Waals surface area contributed by atoms with Crippen molar-refractivity contribution in [3.05, 3.63) is 100 Å². The molecule has 0 saturated heterocycles. The van der Waals surface area contributed by atoms with Crippen LogP contribution in [-0.4, -0.2) is 15.7 Å². The zero-order chi connectivity index (χ0) is 23.4. The Kier molecular flexibility index (Phi) is 6.63. The van der Waals surface area contributed by atoms with Crippen molar-refractivity contribution in [2.45, 2.75) is 47.3 Å². The highest BCUT2D eigenvalue weighted by Crippen LogP contribution is 2.23. The summed E-state index contributed by atoms with van der Waals surface area (Å²) >= 11 is 0. The Morgan fingerprint density at radius 2 is 1.79 bits per heavy atom. The van der Waals surface area contributed by atoms with Gasteiger partial charge in [-0.25, -0.2) is 0 Å². The number of furan rings is 1. The Morgan fingerprint density at radius 1 is 1.03 bits per heavy atom. The monoisotopic (exact) mass is 443 g/mol. The summed E-state index contributed by atoms with van der Waals surface area (Å²) in [5.74, 6) is 1.28. The number of aryl methyl sites for hydroxylation is 3. The molecule has 0 aliphatic heterocycles. The van der Waals surface area contributed by atoms with Crippen LogP contribution in [-0.2, 0) is 19.6 Å². The average Bonchev–Trinajstić information content (AvgIpc) is 3.40. The molecule has 6 heteroatoms. The molecule has 1 amide bonds. The number of nitrogens with zero attached hydrogens (tertiary/aromatic N) is 2. The van der Waals surface area contributed by atoms with Gasteiger partial charge in [-0.05, 0) is 68.1 Å². The predicted molar refractivity (Wildman–Crippen MR) is 129 cm³/mol. The standard InChI is InChI=1S/C27H29N3O3/c1-5-21-10-12-23(13-11-21)32-17-24-14-15-25(33-24)27(31)28-26-19(3)29-30(20(26)4)16-22-9-7-6-8-18(22)2/h6-15H,5,16-17H2,1-4H3,(H,28,31). The quantitative estimate of drug-likeness (QED) is 0.371. The lowest BCUT2D eigenvalue weighted by atomic mass is 10.1. The minimum Gasteiger partial charge on any atom is -0.486 e. The van der Waals surface area contributed by atoms with E-state index in [0.29, 0.717) is 18.0 Å². The number of hydrogen-bond donors (Lipinski definition) is 1. The summed E-state index contributed by atoms with van der Waals surface area (Å²) in [6.07, 6.45) is 0.987. The number of carbonyl (C=O) groups is 1. The predicted octanol–water partition coefficient (Wildman–Crippen LogP) is 5.84. The Hall–Kier alpha value is -3.80. The molecule has 4 aromatic rings. The summed E-state index contributed by atoms with van der Waals surface area (Å²) in [6, 6.07) is 19.6. The molecule has 0 unspecified atom stereocenters. The van der Waals surface area contributed by atoms with Crippen molar-refractivity contribution in [1.82, 2.24) is 9.78 Å². The molecule has 2 heterocycles. The first-order valence-electron chi connectivity index (χ1n) is 11.1. The van der Waals surface area contributed by atoms with Gasteiger partial charge in [-0.1, -0.05) is 43.3 Å². The summed E-state index contributed by atoms with van der Waals surface area (Å²) in [5, 5.41) is 7.58. The molecule has 33 heavy (non-hydrogen) atoms. The highest BCUT2D eigenvalue weighted by atomic mass is 16.5. The summed E-state index contributed by atoms with van der Waals surface area (Å²) in [5.41, 5.74) is 6.03. The summed E-state index contributed by atoms with van der Waals surface area (Å²) in [7, 11) is 0. The molecule has 0 aliphatic carbocycles. The summed E-state index contributed by atoms with van der Waals surface area (Å²) in [6.45, 7) is 8.95. The van der Waals surface area contributed by atoms with Crippen LogP contribution in [0.15, 0.2) is 65.1 Å². The third kappa shape index (κ3) is 5.17. The zero-order valence-electron chi connectivity index (χ0n) is 19.5. The molecule has 0 saturated carbocycles. The van der Waals surface area contributed by atoms with Gasteiger partial charge in [0.2, 0.25) is 0 Å². The number of amides is 1. The van der Waals surface area contributed by atoms with Crippen molar-refractivity contribution in [2.24, 2.45) is 0 Å². The highest BCUT2D eigenvalue weighted by Gasteiger charge is 2.18. The van der Waals surface area contributed by atoms with Crippen molar-refractivity contribution in [3.8, 4) is 5.75 Å². The minimum absolute atomic E-state index is 0.236. The molecule has 0 aliphatic rings. The largest absolute Gasteiger partial charge is 0.486 e. The second-order valence-electron chi connectivity index (χ2n) is 8.14. The molecule has 0 spiro atoms. The molecule has 170 valence electrons. The molecule has 0 bridgehead atoms. The summed E-state index contributed by atoms with van der Waals surface area (Å²) < 4.78 is 13.4. The van der Waals surface area contributed by atoms with Gasteiger partial charge in [0.25, 0.3) is 5.91 Å². The van der Waals surface area contributed by atoms with Gasteiger partial charge in [-0.2, -0.15) is 5.10 Å². The van der Waals surface area contributed by atoms with Gasteiger partial charge < -0.3 is 14.5 Å². The van der Waals surface area contributed by atoms with E-state index in [1.165, 1.54) is 16.7 Å². The van der Waals surface area contributed by atoms with E-state index in [1.54, 1.807) is 12.1 Å². The van der Waals surface area contributed by atoms with Crippen LogP contribution in [0.4, 0.5) is 5.69 Å². The van der Waals surface area contributed by atoms with Gasteiger partial charge in [0.15, 0.2) is 5.76 Å². The maximum atomic E-state index is 12.8. The van der Waals surface area contributed by atoms with Gasteiger partial charge in [-0.3, -0.25) is 9.48 Å². The lowest BCUT2D eigenvalue weighted by Crippen LogP contribution is -2.12. The van der Waals surface area contributed by atoms with Crippen molar-refractivity contribution in [3.63, 3.8) is 0 Å². The number of carbonyl (C=O) groups excluding carboxylic acids is 1. The number of rotatable bonds is 8. The Bertz CT molecular complexity index is 1250. The van der Waals surface area contributed by atoms with Gasteiger partial charge >= 0.3 is 0 Å². The fraction of sp³-hybridized carbons (Fsp3) is 0.259. The number of benzene rings is 2. The molecule has 2 aromatic heterocycles. The van der Waals surface area contributed by atoms with Crippen LogP contribution in [0.5, 0.6) is 5.75 Å². The molecule has 4 rings (SSSR count). The second kappa shape index (κ2) is 9.77. The number of aromatic nitrogens is 2. The van der Waals surface area contributed by atoms with E-state index < -0.39 is 0 Å². The maximum Gasteiger partial charge on any atom is 0.291 e. The number of ether oxygens (including phenoxy) is 1. The van der Waals surface area contributed by atoms with E-state index in [-0.39, 0.29) is 18.3 Å². The van der Waals surface area contributed by atoms with Crippen molar-refractivity contribution in [1.29, 1.82) is 0 Å². The molecule has 0 atom stereocenters. The highest BCUT2D eigenvalue weighted by molar-refractivity contribution is 6.02. The van der Waals surface area contributed by atoms with Crippen LogP contribution in [0.3, 0.4) is 0 Å². The number of nitrogens with one attached hydrogen (secondary N) is 1. The van der Waals surface area contributed by atoms with E-state index in [2.05, 4.69) is 36.4 Å². The SMILES string of the molecule is CCc1ccc(OCc2ccc(C(=O)Nc3c(C)nn(Cc4ccccc4C)c3C)o2)cc1. The Balaban J connectivity index is 1.41. The molecule has 6 nitrogen and oxygen atoms in total. The number of hydrogen-bond acceptors (Lipinski definition) is 4. The van der Waals surface area contributed by atoms with E-state index in [0.717, 1.165) is 23.6 Å². The van der Waals surface area contributed by atoms with Gasteiger partial charge in [-0.15, -0.1) is 0 Å². The third-order valence-electron chi connectivity index (χ3n) is 5.80. The molecule has 0 radical (unpaired) electrons. The van der Waals surface area contributed by atoms with Crippen LogP contribution in [0.1, 0.15) is 51.3 Å².